The van der Waals surface area contributed by atoms with Crippen LogP contribution in [0.2, 0.25) is 0 Å². The summed E-state index contributed by atoms with van der Waals surface area (Å²) in [5.74, 6) is 0.869. The lowest BCUT2D eigenvalue weighted by atomic mass is 10.2. The van der Waals surface area contributed by atoms with Gasteiger partial charge in [-0.05, 0) is 18.9 Å². The number of nitrogens with zero attached hydrogens (tertiary/aromatic N) is 1. The van der Waals surface area contributed by atoms with Crippen LogP contribution in [0.4, 0.5) is 0 Å². The summed E-state index contributed by atoms with van der Waals surface area (Å²) in [6.07, 6.45) is 1.33. The zero-order valence-electron chi connectivity index (χ0n) is 5.23. The lowest BCUT2D eigenvalue weighted by molar-refractivity contribution is 0.382. The first-order chi connectivity index (χ1) is 3.83. The number of rotatable bonds is 1. The monoisotopic (exact) mass is 133 g/mol. The Morgan fingerprint density at radius 2 is 2.50 bits per heavy atom. The molecule has 0 aromatic heterocycles. The molecule has 1 atom stereocenters. The maximum absolute atomic E-state index is 5.60. The van der Waals surface area contributed by atoms with Gasteiger partial charge in [0, 0.05) is 6.54 Å². The fourth-order valence-electron chi connectivity index (χ4n) is 1.13. The Labute approximate surface area is 55.6 Å². The number of hydrogen-bond acceptors (Lipinski definition) is 1. The summed E-state index contributed by atoms with van der Waals surface area (Å²) in [7, 11) is 0. The van der Waals surface area contributed by atoms with Gasteiger partial charge in [0.05, 0.1) is 6.00 Å². The second-order valence-electron chi connectivity index (χ2n) is 2.59. The van der Waals surface area contributed by atoms with Crippen molar-refractivity contribution in [2.75, 3.05) is 19.1 Å². The van der Waals surface area contributed by atoms with Gasteiger partial charge in [-0.2, -0.15) is 0 Å². The largest absolute Gasteiger partial charge is 0.290 e. The molecule has 1 fully saturated rings. The Morgan fingerprint density at radius 1 is 1.75 bits per heavy atom. The maximum Gasteiger partial charge on any atom is 0.0738 e. The van der Waals surface area contributed by atoms with Crippen molar-refractivity contribution in [2.45, 2.75) is 13.3 Å². The summed E-state index contributed by atoms with van der Waals surface area (Å²) in [4.78, 5) is 2.27. The van der Waals surface area contributed by atoms with Crippen molar-refractivity contribution >= 4 is 11.6 Å². The molecule has 1 heterocycles. The molecule has 48 valence electrons. The van der Waals surface area contributed by atoms with Crippen LogP contribution < -0.4 is 0 Å². The molecule has 0 radical (unpaired) electrons. The average Bonchev–Trinajstić information content (AvgIpc) is 2.14. The fraction of sp³-hybridized carbons (Fsp3) is 1.00. The minimum atomic E-state index is 0.713. The second kappa shape index (κ2) is 2.70. The summed E-state index contributed by atoms with van der Waals surface area (Å²) < 4.78 is 0. The Balaban J connectivity index is 2.22. The van der Waals surface area contributed by atoms with Gasteiger partial charge in [-0.3, -0.25) is 4.90 Å². The van der Waals surface area contributed by atoms with Crippen LogP contribution in [0, 0.1) is 5.92 Å². The zero-order valence-corrected chi connectivity index (χ0v) is 5.99. The molecular formula is C6H12ClN. The van der Waals surface area contributed by atoms with Crippen molar-refractivity contribution < 1.29 is 0 Å². The lowest BCUT2D eigenvalue weighted by Crippen LogP contribution is -2.17. The zero-order chi connectivity index (χ0) is 5.98. The lowest BCUT2D eigenvalue weighted by Gasteiger charge is -2.08. The minimum absolute atomic E-state index is 0.713. The molecule has 0 amide bonds. The van der Waals surface area contributed by atoms with Crippen molar-refractivity contribution in [2.24, 2.45) is 5.92 Å². The smallest absolute Gasteiger partial charge is 0.0738 e. The van der Waals surface area contributed by atoms with Crippen molar-refractivity contribution in [3.8, 4) is 0 Å². The van der Waals surface area contributed by atoms with Gasteiger partial charge >= 0.3 is 0 Å². The maximum atomic E-state index is 5.60. The van der Waals surface area contributed by atoms with Crippen LogP contribution in [0.1, 0.15) is 13.3 Å². The van der Waals surface area contributed by atoms with Gasteiger partial charge in [0.15, 0.2) is 0 Å². The van der Waals surface area contributed by atoms with E-state index in [4.69, 9.17) is 11.6 Å². The predicted molar refractivity (Wildman–Crippen MR) is 36.1 cm³/mol. The van der Waals surface area contributed by atoms with E-state index < -0.39 is 0 Å². The molecule has 1 rings (SSSR count). The third kappa shape index (κ3) is 1.36. The molecule has 0 bridgehead atoms. The summed E-state index contributed by atoms with van der Waals surface area (Å²) >= 11 is 5.60. The third-order valence-electron chi connectivity index (χ3n) is 1.68. The standard InChI is InChI=1S/C6H12ClN/c1-6-2-3-8(4-6)5-7/h6H,2-5H2,1H3. The highest BCUT2D eigenvalue weighted by atomic mass is 35.5. The molecule has 1 aliphatic rings. The van der Waals surface area contributed by atoms with Crippen LogP contribution in [0.15, 0.2) is 0 Å². The van der Waals surface area contributed by atoms with Gasteiger partial charge in [-0.1, -0.05) is 6.92 Å². The molecule has 1 aliphatic heterocycles. The molecule has 0 aliphatic carbocycles. The highest BCUT2D eigenvalue weighted by molar-refractivity contribution is 6.17. The van der Waals surface area contributed by atoms with Crippen molar-refractivity contribution in [1.29, 1.82) is 0 Å². The quantitative estimate of drug-likeness (QED) is 0.387. The van der Waals surface area contributed by atoms with Gasteiger partial charge in [0.25, 0.3) is 0 Å². The highest BCUT2D eigenvalue weighted by Crippen LogP contribution is 2.14. The molecule has 0 spiro atoms. The van der Waals surface area contributed by atoms with E-state index in [-0.39, 0.29) is 0 Å². The van der Waals surface area contributed by atoms with E-state index >= 15 is 0 Å². The van der Waals surface area contributed by atoms with E-state index in [2.05, 4.69) is 11.8 Å². The van der Waals surface area contributed by atoms with E-state index in [1.54, 1.807) is 0 Å². The topological polar surface area (TPSA) is 3.24 Å². The minimum Gasteiger partial charge on any atom is -0.290 e. The summed E-state index contributed by atoms with van der Waals surface area (Å²) in [6, 6.07) is 0.713. The Morgan fingerprint density at radius 3 is 2.75 bits per heavy atom. The summed E-state index contributed by atoms with van der Waals surface area (Å²) in [5, 5.41) is 0. The van der Waals surface area contributed by atoms with Crippen molar-refractivity contribution in [3.05, 3.63) is 0 Å². The molecule has 0 N–H and O–H groups in total. The first kappa shape index (κ1) is 6.37. The Hall–Kier alpha value is 0.250. The second-order valence-corrected chi connectivity index (χ2v) is 2.83. The molecule has 1 saturated heterocycles. The first-order valence-corrected chi connectivity index (χ1v) is 3.64. The van der Waals surface area contributed by atoms with Gasteiger partial charge in [-0.15, -0.1) is 11.6 Å². The van der Waals surface area contributed by atoms with Crippen LogP contribution in [-0.2, 0) is 0 Å². The highest BCUT2D eigenvalue weighted by Gasteiger charge is 2.16. The molecule has 1 nitrogen and oxygen atoms in total. The van der Waals surface area contributed by atoms with E-state index in [9.17, 15) is 0 Å². The van der Waals surface area contributed by atoms with E-state index in [0.717, 1.165) is 5.92 Å². The van der Waals surface area contributed by atoms with Crippen LogP contribution in [0.5, 0.6) is 0 Å². The summed E-state index contributed by atoms with van der Waals surface area (Å²) in [6.45, 7) is 4.67. The number of hydrogen-bond donors (Lipinski definition) is 0. The molecule has 0 aromatic rings. The number of likely N-dealkylation sites (tertiary alicyclic amines) is 1. The fourth-order valence-corrected chi connectivity index (χ4v) is 1.35. The van der Waals surface area contributed by atoms with Crippen LogP contribution in [-0.4, -0.2) is 24.0 Å². The molecule has 8 heavy (non-hydrogen) atoms. The van der Waals surface area contributed by atoms with E-state index in [1.165, 1.54) is 19.5 Å². The first-order valence-electron chi connectivity index (χ1n) is 3.11. The van der Waals surface area contributed by atoms with E-state index in [1.807, 2.05) is 0 Å². The molecule has 0 aromatic carbocycles. The van der Waals surface area contributed by atoms with Crippen LogP contribution in [0.25, 0.3) is 0 Å². The third-order valence-corrected chi connectivity index (χ3v) is 2.02. The molecule has 0 saturated carbocycles. The number of alkyl halides is 1. The predicted octanol–water partition coefficient (Wildman–Crippen LogP) is 1.52. The summed E-state index contributed by atoms with van der Waals surface area (Å²) in [5.41, 5.74) is 0. The SMILES string of the molecule is CC1CCN(CCl)C1. The normalized spacial score (nSPS) is 31.5. The van der Waals surface area contributed by atoms with Crippen LogP contribution >= 0.6 is 11.6 Å². The molecule has 2 heteroatoms. The number of halogens is 1. The Bertz CT molecular complexity index is 74.9. The van der Waals surface area contributed by atoms with Gasteiger partial charge in [0.1, 0.15) is 0 Å². The average molecular weight is 134 g/mol. The molecular weight excluding hydrogens is 122 g/mol. The van der Waals surface area contributed by atoms with Gasteiger partial charge in [0.2, 0.25) is 0 Å². The molecule has 1 unspecified atom stereocenters. The van der Waals surface area contributed by atoms with Crippen LogP contribution in [0.3, 0.4) is 0 Å². The van der Waals surface area contributed by atoms with E-state index in [0.29, 0.717) is 6.00 Å². The van der Waals surface area contributed by atoms with Crippen molar-refractivity contribution in [1.82, 2.24) is 4.90 Å². The van der Waals surface area contributed by atoms with Gasteiger partial charge in [-0.25, -0.2) is 0 Å². The Kier molecular flexibility index (Phi) is 2.15. The van der Waals surface area contributed by atoms with Crippen molar-refractivity contribution in [3.63, 3.8) is 0 Å². The van der Waals surface area contributed by atoms with Gasteiger partial charge < -0.3 is 0 Å².